The molecule has 94 valence electrons. The zero-order chi connectivity index (χ0) is 12.5. The Kier molecular flexibility index (Phi) is 3.57. The molecular formula is C13H20ClN3. The summed E-state index contributed by atoms with van der Waals surface area (Å²) < 4.78 is 0. The van der Waals surface area contributed by atoms with Crippen molar-refractivity contribution in [3.8, 4) is 0 Å². The van der Waals surface area contributed by atoms with Gasteiger partial charge in [0.25, 0.3) is 0 Å². The van der Waals surface area contributed by atoms with Crippen molar-refractivity contribution in [2.45, 2.75) is 52.5 Å². The maximum absolute atomic E-state index is 5.86. The van der Waals surface area contributed by atoms with Gasteiger partial charge in [-0.15, -0.1) is 0 Å². The van der Waals surface area contributed by atoms with E-state index in [1.165, 1.54) is 25.7 Å². The fourth-order valence-corrected chi connectivity index (χ4v) is 2.86. The van der Waals surface area contributed by atoms with E-state index in [1.54, 1.807) is 0 Å². The van der Waals surface area contributed by atoms with Crippen LogP contribution in [-0.4, -0.2) is 16.0 Å². The van der Waals surface area contributed by atoms with Crippen molar-refractivity contribution in [2.75, 3.05) is 5.32 Å². The lowest BCUT2D eigenvalue weighted by molar-refractivity contribution is 0.229. The van der Waals surface area contributed by atoms with E-state index in [9.17, 15) is 0 Å². The van der Waals surface area contributed by atoms with Gasteiger partial charge in [0.1, 0.15) is 5.82 Å². The molecule has 1 unspecified atom stereocenters. The number of nitrogens with one attached hydrogen (secondary N) is 1. The molecule has 0 radical (unpaired) electrons. The van der Waals surface area contributed by atoms with Crippen LogP contribution in [0.25, 0.3) is 0 Å². The van der Waals surface area contributed by atoms with Crippen LogP contribution in [0.2, 0.25) is 5.28 Å². The van der Waals surface area contributed by atoms with Crippen LogP contribution in [0.3, 0.4) is 0 Å². The molecule has 0 amide bonds. The minimum atomic E-state index is 0.322. The van der Waals surface area contributed by atoms with Gasteiger partial charge in [-0.3, -0.25) is 0 Å². The van der Waals surface area contributed by atoms with E-state index in [2.05, 4.69) is 29.1 Å². The summed E-state index contributed by atoms with van der Waals surface area (Å²) in [5.74, 6) is 0.852. The number of halogens is 1. The molecule has 1 aliphatic rings. The molecule has 0 aliphatic heterocycles. The lowest BCUT2D eigenvalue weighted by Crippen LogP contribution is -2.32. The largest absolute Gasteiger partial charge is 0.367 e. The summed E-state index contributed by atoms with van der Waals surface area (Å²) in [5.41, 5.74) is 1.34. The summed E-state index contributed by atoms with van der Waals surface area (Å²) in [5, 5.41) is 3.80. The summed E-state index contributed by atoms with van der Waals surface area (Å²) in [4.78, 5) is 8.29. The molecule has 1 aromatic rings. The highest BCUT2D eigenvalue weighted by atomic mass is 35.5. The van der Waals surface area contributed by atoms with Gasteiger partial charge in [0.05, 0.1) is 0 Å². The van der Waals surface area contributed by atoms with Crippen molar-refractivity contribution in [3.63, 3.8) is 0 Å². The van der Waals surface area contributed by atoms with Gasteiger partial charge in [0.2, 0.25) is 5.28 Å². The number of hydrogen-bond acceptors (Lipinski definition) is 3. The number of hydrogen-bond donors (Lipinski definition) is 1. The molecule has 1 N–H and O–H groups in total. The first-order chi connectivity index (χ1) is 7.94. The second kappa shape index (κ2) is 4.81. The van der Waals surface area contributed by atoms with Gasteiger partial charge < -0.3 is 5.32 Å². The van der Waals surface area contributed by atoms with Crippen molar-refractivity contribution >= 4 is 17.4 Å². The number of aromatic nitrogens is 2. The Morgan fingerprint density at radius 1 is 1.41 bits per heavy atom. The van der Waals surface area contributed by atoms with Crippen LogP contribution in [0.4, 0.5) is 5.82 Å². The fourth-order valence-electron chi connectivity index (χ4n) is 2.64. The van der Waals surface area contributed by atoms with E-state index in [1.807, 2.05) is 13.0 Å². The van der Waals surface area contributed by atoms with Gasteiger partial charge in [0, 0.05) is 17.8 Å². The lowest BCUT2D eigenvalue weighted by Gasteiger charge is -2.35. The Morgan fingerprint density at radius 3 is 2.82 bits per heavy atom. The SMILES string of the molecule is Cc1cc(NC2CCCC(C)(C)C2)nc(Cl)n1. The van der Waals surface area contributed by atoms with Crippen LogP contribution in [0.5, 0.6) is 0 Å². The van der Waals surface area contributed by atoms with Gasteiger partial charge in [-0.2, -0.15) is 0 Å². The maximum atomic E-state index is 5.86. The molecule has 1 saturated carbocycles. The van der Waals surface area contributed by atoms with Crippen LogP contribution >= 0.6 is 11.6 Å². The van der Waals surface area contributed by atoms with Crippen LogP contribution in [0.1, 0.15) is 45.2 Å². The van der Waals surface area contributed by atoms with Crippen LogP contribution < -0.4 is 5.32 Å². The molecule has 0 spiro atoms. The molecule has 1 atom stereocenters. The topological polar surface area (TPSA) is 37.8 Å². The molecule has 3 nitrogen and oxygen atoms in total. The highest BCUT2D eigenvalue weighted by Gasteiger charge is 2.27. The molecular weight excluding hydrogens is 234 g/mol. The van der Waals surface area contributed by atoms with E-state index < -0.39 is 0 Å². The fraction of sp³-hybridized carbons (Fsp3) is 0.692. The van der Waals surface area contributed by atoms with Gasteiger partial charge >= 0.3 is 0 Å². The zero-order valence-electron chi connectivity index (χ0n) is 10.8. The lowest BCUT2D eigenvalue weighted by atomic mass is 9.75. The predicted octanol–water partition coefficient (Wildman–Crippen LogP) is 3.82. The minimum absolute atomic E-state index is 0.322. The average molecular weight is 254 g/mol. The van der Waals surface area contributed by atoms with E-state index in [4.69, 9.17) is 11.6 Å². The van der Waals surface area contributed by atoms with E-state index in [0.717, 1.165) is 11.5 Å². The summed E-state index contributed by atoms with van der Waals surface area (Å²) in [6, 6.07) is 2.46. The first-order valence-electron chi connectivity index (χ1n) is 6.22. The summed E-state index contributed by atoms with van der Waals surface area (Å²) in [7, 11) is 0. The highest BCUT2D eigenvalue weighted by Crippen LogP contribution is 2.36. The van der Waals surface area contributed by atoms with Crippen molar-refractivity contribution < 1.29 is 0 Å². The number of nitrogens with zero attached hydrogens (tertiary/aromatic N) is 2. The van der Waals surface area contributed by atoms with Crippen molar-refractivity contribution in [1.82, 2.24) is 9.97 Å². The summed E-state index contributed by atoms with van der Waals surface area (Å²) in [6.45, 7) is 6.60. The van der Waals surface area contributed by atoms with Gasteiger partial charge in [-0.1, -0.05) is 20.3 Å². The first kappa shape index (κ1) is 12.6. The maximum Gasteiger partial charge on any atom is 0.224 e. The first-order valence-corrected chi connectivity index (χ1v) is 6.60. The number of anilines is 1. The Balaban J connectivity index is 2.05. The Morgan fingerprint density at radius 2 is 2.18 bits per heavy atom. The Hall–Kier alpha value is -0.830. The molecule has 1 aliphatic carbocycles. The van der Waals surface area contributed by atoms with E-state index in [-0.39, 0.29) is 0 Å². The molecule has 4 heteroatoms. The molecule has 1 aromatic heterocycles. The zero-order valence-corrected chi connectivity index (χ0v) is 11.5. The monoisotopic (exact) mass is 253 g/mol. The van der Waals surface area contributed by atoms with Gasteiger partial charge in [0.15, 0.2) is 0 Å². The molecule has 17 heavy (non-hydrogen) atoms. The molecule has 0 aromatic carbocycles. The van der Waals surface area contributed by atoms with Crippen molar-refractivity contribution in [2.24, 2.45) is 5.41 Å². The number of rotatable bonds is 2. The second-order valence-corrected chi connectivity index (χ2v) is 6.10. The normalized spacial score (nSPS) is 23.4. The number of aryl methyl sites for hydroxylation is 1. The molecule has 2 rings (SSSR count). The van der Waals surface area contributed by atoms with Crippen molar-refractivity contribution in [1.29, 1.82) is 0 Å². The predicted molar refractivity (Wildman–Crippen MR) is 71.4 cm³/mol. The molecule has 0 saturated heterocycles. The Bertz CT molecular complexity index is 383. The quantitative estimate of drug-likeness (QED) is 0.815. The summed E-state index contributed by atoms with van der Waals surface area (Å²) >= 11 is 5.86. The van der Waals surface area contributed by atoms with E-state index >= 15 is 0 Å². The van der Waals surface area contributed by atoms with Crippen LogP contribution in [-0.2, 0) is 0 Å². The third-order valence-electron chi connectivity index (χ3n) is 3.38. The van der Waals surface area contributed by atoms with Crippen LogP contribution in [0.15, 0.2) is 6.07 Å². The third-order valence-corrected chi connectivity index (χ3v) is 3.55. The van der Waals surface area contributed by atoms with Crippen LogP contribution in [0, 0.1) is 12.3 Å². The minimum Gasteiger partial charge on any atom is -0.367 e. The third kappa shape index (κ3) is 3.56. The van der Waals surface area contributed by atoms with Gasteiger partial charge in [-0.25, -0.2) is 9.97 Å². The van der Waals surface area contributed by atoms with E-state index in [0.29, 0.717) is 16.7 Å². The molecule has 1 heterocycles. The molecule has 0 bridgehead atoms. The Labute approximate surface area is 108 Å². The standard InChI is InChI=1S/C13H20ClN3/c1-9-7-11(17-12(14)15-9)16-10-5-4-6-13(2,3)8-10/h7,10H,4-6,8H2,1-3H3,(H,15,16,17). The molecule has 1 fully saturated rings. The smallest absolute Gasteiger partial charge is 0.224 e. The summed E-state index contributed by atoms with van der Waals surface area (Å²) in [6.07, 6.45) is 5.00. The van der Waals surface area contributed by atoms with Crippen molar-refractivity contribution in [3.05, 3.63) is 17.0 Å². The second-order valence-electron chi connectivity index (χ2n) is 5.77. The average Bonchev–Trinajstić information content (AvgIpc) is 2.13. The van der Waals surface area contributed by atoms with Gasteiger partial charge in [-0.05, 0) is 43.2 Å². The highest BCUT2D eigenvalue weighted by molar-refractivity contribution is 6.28.